The Bertz CT molecular complexity index is 1430. The van der Waals surface area contributed by atoms with Crippen LogP contribution >= 0.6 is 0 Å². The SMILES string of the molecule is Oc1ccccc1-[n+]1[c-]n(-c2[c-]cccc2)cc1.[Pt+2].c1ccc([As](c2ccccc2)c2ccccc2)cc1. The predicted molar refractivity (Wildman–Crippen MR) is 151 cm³/mol. The molecule has 0 amide bonds. The number of nitrogens with zero attached hydrogens (tertiary/aromatic N) is 2. The van der Waals surface area contributed by atoms with E-state index in [1.165, 1.54) is 13.1 Å². The van der Waals surface area contributed by atoms with Gasteiger partial charge in [0.15, 0.2) is 0 Å². The third kappa shape index (κ3) is 6.81. The van der Waals surface area contributed by atoms with Gasteiger partial charge in [-0.2, -0.15) is 30.3 Å². The molecule has 0 spiro atoms. The molecule has 5 aromatic carbocycles. The van der Waals surface area contributed by atoms with E-state index in [-0.39, 0.29) is 26.8 Å². The molecule has 0 aliphatic heterocycles. The Kier molecular flexibility index (Phi) is 9.93. The molecule has 0 bridgehead atoms. The summed E-state index contributed by atoms with van der Waals surface area (Å²) < 4.78 is 8.01. The van der Waals surface area contributed by atoms with Crippen LogP contribution in [0.4, 0.5) is 0 Å². The number of rotatable bonds is 5. The zero-order valence-corrected chi connectivity index (χ0v) is 24.7. The van der Waals surface area contributed by atoms with Crippen molar-refractivity contribution in [3.8, 4) is 17.1 Å². The fourth-order valence-electron chi connectivity index (χ4n) is 3.96. The number of para-hydroxylation sites is 3. The summed E-state index contributed by atoms with van der Waals surface area (Å²) >= 11 is -1.39. The van der Waals surface area contributed by atoms with Crippen LogP contribution in [-0.2, 0) is 21.1 Å². The molecule has 6 aromatic rings. The van der Waals surface area contributed by atoms with Crippen molar-refractivity contribution in [2.24, 2.45) is 0 Å². The van der Waals surface area contributed by atoms with Crippen molar-refractivity contribution >= 4 is 27.7 Å². The Labute approximate surface area is 243 Å². The van der Waals surface area contributed by atoms with Crippen LogP contribution in [0, 0.1) is 12.4 Å². The van der Waals surface area contributed by atoms with Crippen molar-refractivity contribution in [3.05, 3.63) is 164 Å². The van der Waals surface area contributed by atoms with Gasteiger partial charge in [0.1, 0.15) is 11.4 Å². The molecule has 188 valence electrons. The molecule has 0 unspecified atom stereocenters. The molecule has 0 radical (unpaired) electrons. The van der Waals surface area contributed by atoms with E-state index in [4.69, 9.17) is 0 Å². The van der Waals surface area contributed by atoms with Gasteiger partial charge in [0.25, 0.3) is 6.33 Å². The Hall–Kier alpha value is -3.64. The van der Waals surface area contributed by atoms with Crippen LogP contribution in [0.25, 0.3) is 11.4 Å². The Balaban J connectivity index is 0.000000173. The average Bonchev–Trinajstić information content (AvgIpc) is 3.46. The number of hydrogen-bond acceptors (Lipinski definition) is 1. The van der Waals surface area contributed by atoms with Crippen LogP contribution in [0.5, 0.6) is 5.75 Å². The van der Waals surface area contributed by atoms with Crippen molar-refractivity contribution in [2.45, 2.75) is 0 Å². The molecular weight excluding hydrogens is 710 g/mol. The molecule has 1 heterocycles. The van der Waals surface area contributed by atoms with E-state index in [2.05, 4.69) is 103 Å². The van der Waals surface area contributed by atoms with Crippen molar-refractivity contribution in [2.75, 3.05) is 0 Å². The van der Waals surface area contributed by atoms with Gasteiger partial charge < -0.3 is 9.67 Å². The second-order valence-electron chi connectivity index (χ2n) is 8.22. The fraction of sp³-hybridized carbons (Fsp3) is 0. The maximum absolute atomic E-state index is 9.79. The fourth-order valence-corrected chi connectivity index (χ4v) is 8.80. The standard InChI is InChI=1S/C18H15As.C15H11N2O.Pt/c1-4-10-16(11-5-1)19(17-12-6-2-7-13-17)18-14-8-3-9-15-18;18-15-9-5-4-8-14(15)17-11-10-16(12-17)13-6-2-1-3-7-13;/h1-15H;1-6,8-11,18H;/q;-1;+2. The van der Waals surface area contributed by atoms with Gasteiger partial charge >= 0.3 is 140 Å². The van der Waals surface area contributed by atoms with Gasteiger partial charge in [-0.25, -0.2) is 0 Å². The van der Waals surface area contributed by atoms with E-state index in [9.17, 15) is 5.11 Å². The molecule has 1 N–H and O–H groups in total. The second kappa shape index (κ2) is 13.8. The molecule has 5 heteroatoms. The summed E-state index contributed by atoms with van der Waals surface area (Å²) in [5, 5.41) is 9.79. The zero-order chi connectivity index (χ0) is 25.3. The number of aromatic hydroxyl groups is 1. The summed E-state index contributed by atoms with van der Waals surface area (Å²) in [5.74, 6) is 0.230. The van der Waals surface area contributed by atoms with E-state index in [0.717, 1.165) is 5.69 Å². The van der Waals surface area contributed by atoms with Crippen molar-refractivity contribution < 1.29 is 30.7 Å². The van der Waals surface area contributed by atoms with Crippen molar-refractivity contribution in [3.63, 3.8) is 0 Å². The van der Waals surface area contributed by atoms with Gasteiger partial charge in [0.2, 0.25) is 0 Å². The Morgan fingerprint density at radius 3 is 1.61 bits per heavy atom. The van der Waals surface area contributed by atoms with E-state index in [1.54, 1.807) is 16.7 Å². The molecule has 3 nitrogen and oxygen atoms in total. The number of benzene rings is 5. The van der Waals surface area contributed by atoms with Crippen LogP contribution in [0.2, 0.25) is 0 Å². The molecule has 0 aliphatic rings. The number of imidazole rings is 1. The van der Waals surface area contributed by atoms with Gasteiger partial charge in [0, 0.05) is 12.4 Å². The van der Waals surface area contributed by atoms with Crippen LogP contribution < -0.4 is 17.6 Å². The number of phenols is 1. The predicted octanol–water partition coefficient (Wildman–Crippen LogP) is 4.26. The number of aromatic nitrogens is 2. The first-order chi connectivity index (χ1) is 18.3. The van der Waals surface area contributed by atoms with E-state index >= 15 is 0 Å². The maximum atomic E-state index is 9.79. The molecule has 38 heavy (non-hydrogen) atoms. The Morgan fingerprint density at radius 2 is 1.11 bits per heavy atom. The molecule has 0 aliphatic carbocycles. The summed E-state index contributed by atoms with van der Waals surface area (Å²) in [6.07, 6.45) is 6.85. The van der Waals surface area contributed by atoms with Gasteiger partial charge in [-0.1, -0.05) is 12.1 Å². The Morgan fingerprint density at radius 1 is 0.605 bits per heavy atom. The molecular formula is C33H26AsN2OPt+. The first-order valence-electron chi connectivity index (χ1n) is 12.0. The molecule has 0 atom stereocenters. The van der Waals surface area contributed by atoms with Gasteiger partial charge in [0.05, 0.1) is 0 Å². The topological polar surface area (TPSA) is 29.0 Å². The summed E-state index contributed by atoms with van der Waals surface area (Å²) in [6, 6.07) is 50.7. The van der Waals surface area contributed by atoms with Crippen LogP contribution in [-0.4, -0.2) is 24.3 Å². The normalized spacial score (nSPS) is 10.2. The summed E-state index contributed by atoms with van der Waals surface area (Å²) in [4.78, 5) is 0. The molecule has 0 saturated heterocycles. The number of phenolic OH excluding ortho intramolecular Hbond substituents is 1. The summed E-state index contributed by atoms with van der Waals surface area (Å²) in [6.45, 7) is 0. The van der Waals surface area contributed by atoms with Crippen molar-refractivity contribution in [1.82, 2.24) is 4.57 Å². The summed E-state index contributed by atoms with van der Waals surface area (Å²) in [5.41, 5.74) is 1.61. The minimum absolute atomic E-state index is 0. The number of hydrogen-bond donors (Lipinski definition) is 1. The third-order valence-corrected chi connectivity index (χ3v) is 10.8. The van der Waals surface area contributed by atoms with E-state index < -0.39 is 14.7 Å². The quantitative estimate of drug-likeness (QED) is 0.160. The molecule has 0 fully saturated rings. The average molecular weight is 737 g/mol. The van der Waals surface area contributed by atoms with E-state index in [1.807, 2.05) is 53.4 Å². The first kappa shape index (κ1) is 27.4. The second-order valence-corrected chi connectivity index (χ2v) is 12.9. The first-order valence-corrected chi connectivity index (χ1v) is 14.8. The summed E-state index contributed by atoms with van der Waals surface area (Å²) in [7, 11) is 0. The van der Waals surface area contributed by atoms with Gasteiger partial charge in [-0.15, -0.1) is 0 Å². The van der Waals surface area contributed by atoms with Gasteiger partial charge in [-0.05, 0) is 17.8 Å². The van der Waals surface area contributed by atoms with Crippen LogP contribution in [0.15, 0.2) is 152 Å². The zero-order valence-electron chi connectivity index (χ0n) is 20.5. The molecule has 0 saturated carbocycles. The van der Waals surface area contributed by atoms with Crippen LogP contribution in [0.3, 0.4) is 0 Å². The molecule has 1 aromatic heterocycles. The monoisotopic (exact) mass is 736 g/mol. The minimum atomic E-state index is -1.39. The van der Waals surface area contributed by atoms with Crippen LogP contribution in [0.1, 0.15) is 0 Å². The van der Waals surface area contributed by atoms with E-state index in [0.29, 0.717) is 5.69 Å². The third-order valence-electron chi connectivity index (χ3n) is 5.72. The molecule has 6 rings (SSSR count). The van der Waals surface area contributed by atoms with Crippen molar-refractivity contribution in [1.29, 1.82) is 0 Å². The van der Waals surface area contributed by atoms with Gasteiger partial charge in [-0.3, -0.25) is 4.57 Å².